The average Bonchev–Trinajstić information content (AvgIpc) is 3.03. The summed E-state index contributed by atoms with van der Waals surface area (Å²) < 4.78 is 0. The summed E-state index contributed by atoms with van der Waals surface area (Å²) in [6.07, 6.45) is 3.10. The molecule has 0 aliphatic carbocycles. The monoisotopic (exact) mass is 363 g/mol. The number of aryl methyl sites for hydroxylation is 2. The van der Waals surface area contributed by atoms with Crippen LogP contribution in [0.4, 0.5) is 0 Å². The van der Waals surface area contributed by atoms with Gasteiger partial charge in [0.05, 0.1) is 11.1 Å². The van der Waals surface area contributed by atoms with Crippen LogP contribution in [0.5, 0.6) is 0 Å². The maximum Gasteiger partial charge on any atom is 0.230 e. The second-order valence-corrected chi connectivity index (χ2v) is 8.33. The van der Waals surface area contributed by atoms with E-state index >= 15 is 0 Å². The Kier molecular flexibility index (Phi) is 5.00. The highest BCUT2D eigenvalue weighted by molar-refractivity contribution is 5.84. The van der Waals surface area contributed by atoms with E-state index in [2.05, 4.69) is 58.1 Å². The fraction of sp³-hybridized carbons (Fsp3) is 0.478. The highest BCUT2D eigenvalue weighted by atomic mass is 16.2. The number of rotatable bonds is 4. The lowest BCUT2D eigenvalue weighted by atomic mass is 9.78. The normalized spacial score (nSPS) is 23.3. The third-order valence-electron chi connectivity index (χ3n) is 6.04. The lowest BCUT2D eigenvalue weighted by Gasteiger charge is -2.39. The first-order valence-electron chi connectivity index (χ1n) is 10.0. The van der Waals surface area contributed by atoms with E-state index < -0.39 is 0 Å². The maximum absolute atomic E-state index is 13.4. The SMILES string of the molecule is Cc1cccc(CN2CCCC3(CCN(Cc4cccc(C)n4)C3)C2=O)c1. The molecule has 1 amide bonds. The molecule has 27 heavy (non-hydrogen) atoms. The van der Waals surface area contributed by atoms with Gasteiger partial charge in [-0.25, -0.2) is 0 Å². The topological polar surface area (TPSA) is 36.4 Å². The van der Waals surface area contributed by atoms with Crippen LogP contribution >= 0.6 is 0 Å². The Morgan fingerprint density at radius 3 is 2.70 bits per heavy atom. The summed E-state index contributed by atoms with van der Waals surface area (Å²) in [5.41, 5.74) is 4.46. The van der Waals surface area contributed by atoms with Crippen LogP contribution in [0.25, 0.3) is 0 Å². The number of benzene rings is 1. The minimum atomic E-state index is -0.189. The van der Waals surface area contributed by atoms with Crippen molar-refractivity contribution >= 4 is 5.91 Å². The van der Waals surface area contributed by atoms with Crippen molar-refractivity contribution in [3.63, 3.8) is 0 Å². The Morgan fingerprint density at radius 1 is 1.04 bits per heavy atom. The van der Waals surface area contributed by atoms with Crippen molar-refractivity contribution in [1.82, 2.24) is 14.8 Å². The number of pyridine rings is 1. The van der Waals surface area contributed by atoms with E-state index in [0.29, 0.717) is 5.91 Å². The second kappa shape index (κ2) is 7.43. The smallest absolute Gasteiger partial charge is 0.230 e. The predicted molar refractivity (Wildman–Crippen MR) is 107 cm³/mol. The summed E-state index contributed by atoms with van der Waals surface area (Å²) in [5, 5.41) is 0. The van der Waals surface area contributed by atoms with Crippen LogP contribution in [0.15, 0.2) is 42.5 Å². The molecule has 1 spiro atoms. The van der Waals surface area contributed by atoms with Gasteiger partial charge in [0.25, 0.3) is 0 Å². The number of piperidine rings is 1. The van der Waals surface area contributed by atoms with Crippen molar-refractivity contribution < 1.29 is 4.79 Å². The minimum absolute atomic E-state index is 0.189. The maximum atomic E-state index is 13.4. The van der Waals surface area contributed by atoms with E-state index in [1.807, 2.05) is 13.0 Å². The molecule has 4 heteroatoms. The molecule has 1 atom stereocenters. The molecule has 1 aromatic carbocycles. The Labute approximate surface area is 162 Å². The van der Waals surface area contributed by atoms with Crippen LogP contribution in [0.1, 0.15) is 41.8 Å². The van der Waals surface area contributed by atoms with Gasteiger partial charge in [-0.3, -0.25) is 14.7 Å². The van der Waals surface area contributed by atoms with Gasteiger partial charge in [-0.2, -0.15) is 0 Å². The molecule has 2 aliphatic rings. The molecule has 4 nitrogen and oxygen atoms in total. The highest BCUT2D eigenvalue weighted by Crippen LogP contribution is 2.40. The molecule has 2 saturated heterocycles. The molecule has 1 unspecified atom stereocenters. The summed E-state index contributed by atoms with van der Waals surface area (Å²) >= 11 is 0. The molecule has 0 radical (unpaired) electrons. The zero-order chi connectivity index (χ0) is 18.9. The zero-order valence-electron chi connectivity index (χ0n) is 16.4. The summed E-state index contributed by atoms with van der Waals surface area (Å²) in [7, 11) is 0. The average molecular weight is 364 g/mol. The van der Waals surface area contributed by atoms with Gasteiger partial charge in [0.2, 0.25) is 5.91 Å². The number of amides is 1. The third kappa shape index (κ3) is 3.91. The summed E-state index contributed by atoms with van der Waals surface area (Å²) in [6, 6.07) is 14.7. The molecular formula is C23H29N3O. The van der Waals surface area contributed by atoms with Crippen LogP contribution in [0.3, 0.4) is 0 Å². The Bertz CT molecular complexity index is 834. The van der Waals surface area contributed by atoms with Gasteiger partial charge in [0.15, 0.2) is 0 Å². The minimum Gasteiger partial charge on any atom is -0.338 e. The Hall–Kier alpha value is -2.20. The van der Waals surface area contributed by atoms with Crippen molar-refractivity contribution in [3.8, 4) is 0 Å². The molecule has 0 N–H and O–H groups in total. The van der Waals surface area contributed by atoms with Gasteiger partial charge < -0.3 is 4.90 Å². The molecule has 2 fully saturated rings. The van der Waals surface area contributed by atoms with Gasteiger partial charge in [-0.15, -0.1) is 0 Å². The first-order valence-corrected chi connectivity index (χ1v) is 10.0. The van der Waals surface area contributed by atoms with Gasteiger partial charge in [-0.1, -0.05) is 35.9 Å². The number of hydrogen-bond acceptors (Lipinski definition) is 3. The number of aromatic nitrogens is 1. The number of likely N-dealkylation sites (tertiary alicyclic amines) is 2. The number of carbonyl (C=O) groups is 1. The van der Waals surface area contributed by atoms with Crippen molar-refractivity contribution in [3.05, 3.63) is 65.0 Å². The molecule has 1 aromatic heterocycles. The van der Waals surface area contributed by atoms with Crippen molar-refractivity contribution in [2.75, 3.05) is 19.6 Å². The van der Waals surface area contributed by atoms with Crippen LogP contribution in [-0.2, 0) is 17.9 Å². The van der Waals surface area contributed by atoms with Gasteiger partial charge >= 0.3 is 0 Å². The quantitative estimate of drug-likeness (QED) is 0.831. The third-order valence-corrected chi connectivity index (χ3v) is 6.04. The zero-order valence-corrected chi connectivity index (χ0v) is 16.4. The number of hydrogen-bond donors (Lipinski definition) is 0. The summed E-state index contributed by atoms with van der Waals surface area (Å²) in [4.78, 5) is 22.5. The molecule has 0 saturated carbocycles. The fourth-order valence-corrected chi connectivity index (χ4v) is 4.72. The van der Waals surface area contributed by atoms with Crippen LogP contribution in [0.2, 0.25) is 0 Å². The first kappa shape index (κ1) is 18.2. The molecule has 142 valence electrons. The lowest BCUT2D eigenvalue weighted by Crippen LogP contribution is -2.49. The second-order valence-electron chi connectivity index (χ2n) is 8.33. The number of nitrogens with zero attached hydrogens (tertiary/aromatic N) is 3. The van der Waals surface area contributed by atoms with Crippen LogP contribution < -0.4 is 0 Å². The summed E-state index contributed by atoms with van der Waals surface area (Å²) in [5.74, 6) is 0.356. The Balaban J connectivity index is 1.44. The summed E-state index contributed by atoms with van der Waals surface area (Å²) in [6.45, 7) is 8.45. The van der Waals surface area contributed by atoms with E-state index in [1.165, 1.54) is 11.1 Å². The Morgan fingerprint density at radius 2 is 1.89 bits per heavy atom. The lowest BCUT2D eigenvalue weighted by molar-refractivity contribution is -0.146. The number of carbonyl (C=O) groups excluding carboxylic acids is 1. The standard InChI is InChI=1S/C23H29N3O/c1-18-6-3-8-20(14-18)15-26-12-5-10-23(22(26)27)11-13-25(17-23)16-21-9-4-7-19(2)24-21/h3-4,6-9,14H,5,10-13,15-17H2,1-2H3. The van der Waals surface area contributed by atoms with Crippen molar-refractivity contribution in [2.24, 2.45) is 5.41 Å². The molecule has 2 aromatic rings. The van der Waals surface area contributed by atoms with Crippen LogP contribution in [-0.4, -0.2) is 40.3 Å². The highest BCUT2D eigenvalue weighted by Gasteiger charge is 2.48. The predicted octanol–water partition coefficient (Wildman–Crippen LogP) is 3.71. The van der Waals surface area contributed by atoms with E-state index in [4.69, 9.17) is 0 Å². The molecule has 4 rings (SSSR count). The van der Waals surface area contributed by atoms with Crippen molar-refractivity contribution in [1.29, 1.82) is 0 Å². The fourth-order valence-electron chi connectivity index (χ4n) is 4.72. The molecular weight excluding hydrogens is 334 g/mol. The largest absolute Gasteiger partial charge is 0.338 e. The molecule has 2 aliphatic heterocycles. The molecule has 0 bridgehead atoms. The van der Waals surface area contributed by atoms with E-state index in [-0.39, 0.29) is 5.41 Å². The van der Waals surface area contributed by atoms with Gasteiger partial charge in [-0.05, 0) is 57.4 Å². The van der Waals surface area contributed by atoms with Crippen LogP contribution in [0, 0.1) is 19.3 Å². The molecule has 3 heterocycles. The van der Waals surface area contributed by atoms with Gasteiger partial charge in [0.1, 0.15) is 0 Å². The van der Waals surface area contributed by atoms with Gasteiger partial charge in [0, 0.05) is 31.9 Å². The van der Waals surface area contributed by atoms with E-state index in [1.54, 1.807) is 0 Å². The first-order chi connectivity index (χ1) is 13.0. The van der Waals surface area contributed by atoms with E-state index in [9.17, 15) is 4.79 Å². The van der Waals surface area contributed by atoms with E-state index in [0.717, 1.165) is 63.4 Å². The van der Waals surface area contributed by atoms with Crippen molar-refractivity contribution in [2.45, 2.75) is 46.2 Å².